The van der Waals surface area contributed by atoms with Crippen LogP contribution in [0, 0.1) is 11.8 Å². The van der Waals surface area contributed by atoms with Gasteiger partial charge in [0.15, 0.2) is 5.69 Å². The summed E-state index contributed by atoms with van der Waals surface area (Å²) in [7, 11) is 0. The molecule has 2 amide bonds. The quantitative estimate of drug-likeness (QED) is 0.507. The van der Waals surface area contributed by atoms with E-state index in [9.17, 15) is 9.59 Å². The number of nitrogens with one attached hydrogen (secondary N) is 1. The van der Waals surface area contributed by atoms with Gasteiger partial charge in [0.05, 0.1) is 11.1 Å². The number of amides is 2. The van der Waals surface area contributed by atoms with Crippen molar-refractivity contribution in [3.8, 4) is 0 Å². The van der Waals surface area contributed by atoms with Crippen LogP contribution in [0.15, 0.2) is 61.0 Å². The molecule has 2 atom stereocenters. The van der Waals surface area contributed by atoms with Crippen LogP contribution >= 0.6 is 0 Å². The molecule has 3 heterocycles. The van der Waals surface area contributed by atoms with Gasteiger partial charge in [-0.05, 0) is 54.8 Å². The Labute approximate surface area is 195 Å². The molecule has 1 unspecified atom stereocenters. The SMILES string of the molecule is C=C/C(=C\C=C/N)C(CNC(=O)c1cccn2nc(C(=O)N3CC[C@@H](N)C3)cc12)CC(C)C. The van der Waals surface area contributed by atoms with E-state index in [1.165, 1.54) is 6.20 Å². The summed E-state index contributed by atoms with van der Waals surface area (Å²) in [6.45, 7) is 9.81. The van der Waals surface area contributed by atoms with Crippen LogP contribution in [-0.4, -0.2) is 52.0 Å². The Morgan fingerprint density at radius 3 is 2.82 bits per heavy atom. The Balaban J connectivity index is 1.79. The fourth-order valence-electron chi connectivity index (χ4n) is 4.20. The molecule has 0 aromatic carbocycles. The molecule has 1 aliphatic heterocycles. The highest BCUT2D eigenvalue weighted by Gasteiger charge is 2.27. The van der Waals surface area contributed by atoms with Gasteiger partial charge in [0.25, 0.3) is 11.8 Å². The maximum atomic E-state index is 13.1. The van der Waals surface area contributed by atoms with E-state index in [1.807, 2.05) is 6.08 Å². The molecule has 33 heavy (non-hydrogen) atoms. The van der Waals surface area contributed by atoms with Crippen molar-refractivity contribution in [1.82, 2.24) is 19.8 Å². The zero-order valence-electron chi connectivity index (χ0n) is 19.4. The number of carbonyl (C=O) groups is 2. The van der Waals surface area contributed by atoms with Gasteiger partial charge in [0.2, 0.25) is 0 Å². The first-order chi connectivity index (χ1) is 15.8. The average Bonchev–Trinajstić information content (AvgIpc) is 3.42. The normalized spacial score (nSPS) is 17.8. The average molecular weight is 451 g/mol. The fourth-order valence-corrected chi connectivity index (χ4v) is 4.20. The van der Waals surface area contributed by atoms with Gasteiger partial charge in [-0.15, -0.1) is 0 Å². The standard InChI is InChI=1S/C25H34N6O2/c1-4-18(7-5-10-26)19(13-17(2)3)15-28-24(32)21-8-6-11-31-23(21)14-22(29-31)25(33)30-12-9-20(27)16-30/h4-8,10-11,14,17,19-20H,1,9,12-13,15-16,26-27H2,2-3H3,(H,28,32)/b10-5-,18-7+/t19?,20-/m1/s1. The Morgan fingerprint density at radius 2 is 2.18 bits per heavy atom. The number of allylic oxidation sites excluding steroid dienone is 3. The molecule has 3 rings (SSSR count). The second-order valence-electron chi connectivity index (χ2n) is 8.87. The predicted molar refractivity (Wildman–Crippen MR) is 131 cm³/mol. The Hall–Kier alpha value is -3.39. The zero-order chi connectivity index (χ0) is 24.0. The number of fused-ring (bicyclic) bond motifs is 1. The molecule has 1 fully saturated rings. The molecule has 0 spiro atoms. The third-order valence-electron chi connectivity index (χ3n) is 5.85. The Bertz CT molecular complexity index is 1070. The van der Waals surface area contributed by atoms with Gasteiger partial charge in [-0.25, -0.2) is 4.52 Å². The van der Waals surface area contributed by atoms with Crippen LogP contribution in [0.2, 0.25) is 0 Å². The van der Waals surface area contributed by atoms with E-state index in [0.717, 1.165) is 18.4 Å². The number of hydrogen-bond donors (Lipinski definition) is 3. The van der Waals surface area contributed by atoms with Gasteiger partial charge in [0, 0.05) is 37.8 Å². The van der Waals surface area contributed by atoms with Crippen LogP contribution in [0.3, 0.4) is 0 Å². The van der Waals surface area contributed by atoms with Gasteiger partial charge in [0.1, 0.15) is 0 Å². The topological polar surface area (TPSA) is 119 Å². The van der Waals surface area contributed by atoms with Crippen molar-refractivity contribution in [1.29, 1.82) is 0 Å². The number of aromatic nitrogens is 2. The second-order valence-corrected chi connectivity index (χ2v) is 8.87. The lowest BCUT2D eigenvalue weighted by Crippen LogP contribution is -2.32. The molecule has 5 N–H and O–H groups in total. The minimum Gasteiger partial charge on any atom is -0.405 e. The van der Waals surface area contributed by atoms with E-state index in [0.29, 0.717) is 42.3 Å². The minimum atomic E-state index is -0.214. The maximum Gasteiger partial charge on any atom is 0.274 e. The molecule has 2 aromatic heterocycles. The van der Waals surface area contributed by atoms with Gasteiger partial charge in [-0.2, -0.15) is 5.10 Å². The highest BCUT2D eigenvalue weighted by Crippen LogP contribution is 2.22. The van der Waals surface area contributed by atoms with Crippen molar-refractivity contribution < 1.29 is 9.59 Å². The summed E-state index contributed by atoms with van der Waals surface area (Å²) >= 11 is 0. The molecule has 0 aliphatic carbocycles. The van der Waals surface area contributed by atoms with Crippen LogP contribution in [0.25, 0.3) is 5.52 Å². The van der Waals surface area contributed by atoms with Crippen molar-refractivity contribution in [2.45, 2.75) is 32.7 Å². The van der Waals surface area contributed by atoms with Crippen molar-refractivity contribution in [2.75, 3.05) is 19.6 Å². The molecule has 8 nitrogen and oxygen atoms in total. The summed E-state index contributed by atoms with van der Waals surface area (Å²) < 4.78 is 1.57. The van der Waals surface area contributed by atoms with E-state index < -0.39 is 0 Å². The maximum absolute atomic E-state index is 13.1. The largest absolute Gasteiger partial charge is 0.405 e. The van der Waals surface area contributed by atoms with Crippen LogP contribution < -0.4 is 16.8 Å². The van der Waals surface area contributed by atoms with Gasteiger partial charge < -0.3 is 21.7 Å². The first-order valence-corrected chi connectivity index (χ1v) is 11.4. The number of nitrogens with zero attached hydrogens (tertiary/aromatic N) is 3. The Morgan fingerprint density at radius 1 is 1.39 bits per heavy atom. The molecule has 1 saturated heterocycles. The lowest BCUT2D eigenvalue weighted by atomic mass is 9.89. The lowest BCUT2D eigenvalue weighted by Gasteiger charge is -2.21. The fraction of sp³-hybridized carbons (Fsp3) is 0.400. The zero-order valence-corrected chi connectivity index (χ0v) is 19.4. The van der Waals surface area contributed by atoms with Crippen molar-refractivity contribution in [3.63, 3.8) is 0 Å². The number of pyridine rings is 1. The molecule has 1 aliphatic rings. The molecule has 2 aromatic rings. The minimum absolute atomic E-state index is 0.000884. The van der Waals surface area contributed by atoms with Gasteiger partial charge in [-0.1, -0.05) is 32.6 Å². The van der Waals surface area contributed by atoms with E-state index >= 15 is 0 Å². The van der Waals surface area contributed by atoms with Crippen LogP contribution in [0.5, 0.6) is 0 Å². The highest BCUT2D eigenvalue weighted by atomic mass is 16.2. The molecular formula is C25H34N6O2. The number of likely N-dealkylation sites (tertiary alicyclic amines) is 1. The second kappa shape index (κ2) is 11.0. The van der Waals surface area contributed by atoms with Gasteiger partial charge >= 0.3 is 0 Å². The van der Waals surface area contributed by atoms with Crippen molar-refractivity contribution in [2.24, 2.45) is 23.3 Å². The summed E-state index contributed by atoms with van der Waals surface area (Å²) in [4.78, 5) is 27.6. The van der Waals surface area contributed by atoms with E-state index in [4.69, 9.17) is 11.5 Å². The number of hydrogen-bond acceptors (Lipinski definition) is 5. The summed E-state index contributed by atoms with van der Waals surface area (Å²) in [5, 5.41) is 7.45. The van der Waals surface area contributed by atoms with Crippen LogP contribution in [-0.2, 0) is 0 Å². The summed E-state index contributed by atoms with van der Waals surface area (Å²) in [5.41, 5.74) is 13.8. The lowest BCUT2D eigenvalue weighted by molar-refractivity contribution is 0.0784. The Kier molecular flexibility index (Phi) is 8.06. The first-order valence-electron chi connectivity index (χ1n) is 11.4. The van der Waals surface area contributed by atoms with Crippen LogP contribution in [0.1, 0.15) is 47.5 Å². The smallest absolute Gasteiger partial charge is 0.274 e. The summed E-state index contributed by atoms with van der Waals surface area (Å²) in [6, 6.07) is 5.17. The van der Waals surface area contributed by atoms with Crippen molar-refractivity contribution in [3.05, 3.63) is 72.2 Å². The third-order valence-corrected chi connectivity index (χ3v) is 5.85. The third kappa shape index (κ3) is 5.90. The number of carbonyl (C=O) groups excluding carboxylic acids is 2. The van der Waals surface area contributed by atoms with E-state index in [1.54, 1.807) is 46.0 Å². The first kappa shape index (κ1) is 24.3. The monoisotopic (exact) mass is 450 g/mol. The molecule has 8 heteroatoms. The highest BCUT2D eigenvalue weighted by molar-refractivity contribution is 6.02. The number of rotatable bonds is 9. The van der Waals surface area contributed by atoms with E-state index in [2.05, 4.69) is 30.8 Å². The van der Waals surface area contributed by atoms with Crippen molar-refractivity contribution >= 4 is 17.3 Å². The predicted octanol–water partition coefficient (Wildman–Crippen LogP) is 2.48. The molecule has 176 valence electrons. The molecule has 0 saturated carbocycles. The number of nitrogens with two attached hydrogens (primary N) is 2. The summed E-state index contributed by atoms with van der Waals surface area (Å²) in [6.07, 6.45) is 10.4. The molecular weight excluding hydrogens is 416 g/mol. The van der Waals surface area contributed by atoms with E-state index in [-0.39, 0.29) is 23.8 Å². The van der Waals surface area contributed by atoms with Crippen LogP contribution in [0.4, 0.5) is 0 Å². The molecule has 0 radical (unpaired) electrons. The summed E-state index contributed by atoms with van der Waals surface area (Å²) in [5.74, 6) is 0.171. The molecule has 0 bridgehead atoms. The van der Waals surface area contributed by atoms with Gasteiger partial charge in [-0.3, -0.25) is 9.59 Å².